The highest BCUT2D eigenvalue weighted by atomic mass is 35.5. The van der Waals surface area contributed by atoms with E-state index in [4.69, 9.17) is 5.73 Å². The summed E-state index contributed by atoms with van der Waals surface area (Å²) in [6, 6.07) is 6.99. The van der Waals surface area contributed by atoms with E-state index in [2.05, 4.69) is 20.2 Å². The standard InChI is InChI=1S/C18H27N5O2.2ClH/c1-5-23-14-9-7-6-8-13(14)22-17(23)12(4)21-15(24)10-20-18(25)16(19)11(2)3;;/h6-9,11-12,16H,5,10,19H2,1-4H3,(H,20,25)(H,21,24);2*1H/t12?,16-;;/m0../s1. The van der Waals surface area contributed by atoms with Crippen LogP contribution < -0.4 is 16.4 Å². The normalized spacial score (nSPS) is 12.7. The van der Waals surface area contributed by atoms with Crippen LogP contribution >= 0.6 is 24.8 Å². The summed E-state index contributed by atoms with van der Waals surface area (Å²) in [5.74, 6) is 0.221. The molecule has 152 valence electrons. The van der Waals surface area contributed by atoms with Crippen LogP contribution in [0.4, 0.5) is 0 Å². The van der Waals surface area contributed by atoms with Gasteiger partial charge in [-0.1, -0.05) is 26.0 Å². The van der Waals surface area contributed by atoms with Crippen molar-refractivity contribution < 1.29 is 9.59 Å². The Balaban J connectivity index is 0.00000338. The van der Waals surface area contributed by atoms with Gasteiger partial charge >= 0.3 is 0 Å². The number of rotatable bonds is 7. The Morgan fingerprint density at radius 2 is 1.81 bits per heavy atom. The number of amides is 2. The summed E-state index contributed by atoms with van der Waals surface area (Å²) >= 11 is 0. The molecule has 0 saturated heterocycles. The second-order valence-electron chi connectivity index (χ2n) is 6.48. The smallest absolute Gasteiger partial charge is 0.239 e. The van der Waals surface area contributed by atoms with Gasteiger partial charge in [-0.25, -0.2) is 4.98 Å². The van der Waals surface area contributed by atoms with Crippen LogP contribution in [0.15, 0.2) is 24.3 Å². The van der Waals surface area contributed by atoms with Crippen LogP contribution in [-0.2, 0) is 16.1 Å². The molecule has 2 rings (SSSR count). The van der Waals surface area contributed by atoms with Gasteiger partial charge in [0.25, 0.3) is 0 Å². The maximum absolute atomic E-state index is 12.1. The van der Waals surface area contributed by atoms with E-state index >= 15 is 0 Å². The predicted octanol–water partition coefficient (Wildman–Crippen LogP) is 2.18. The summed E-state index contributed by atoms with van der Waals surface area (Å²) in [7, 11) is 0. The van der Waals surface area contributed by atoms with E-state index < -0.39 is 6.04 Å². The molecule has 7 nitrogen and oxygen atoms in total. The van der Waals surface area contributed by atoms with E-state index in [0.29, 0.717) is 0 Å². The number of aryl methyl sites for hydroxylation is 1. The van der Waals surface area contributed by atoms with E-state index in [0.717, 1.165) is 23.4 Å². The third kappa shape index (κ3) is 6.09. The molecule has 0 fully saturated rings. The number of fused-ring (bicyclic) bond motifs is 1. The lowest BCUT2D eigenvalue weighted by Crippen LogP contribution is -2.47. The fourth-order valence-corrected chi connectivity index (χ4v) is 2.70. The lowest BCUT2D eigenvalue weighted by atomic mass is 10.1. The molecule has 0 aliphatic rings. The summed E-state index contributed by atoms with van der Waals surface area (Å²) in [5, 5.41) is 5.45. The molecule has 0 aliphatic heterocycles. The molecule has 27 heavy (non-hydrogen) atoms. The summed E-state index contributed by atoms with van der Waals surface area (Å²) < 4.78 is 2.08. The molecule has 2 atom stereocenters. The number of nitrogens with two attached hydrogens (primary N) is 1. The Hall–Kier alpha value is -1.83. The minimum atomic E-state index is -0.616. The van der Waals surface area contributed by atoms with Crippen molar-refractivity contribution in [2.75, 3.05) is 6.54 Å². The number of carbonyl (C=O) groups is 2. The zero-order chi connectivity index (χ0) is 18.6. The first-order valence-electron chi connectivity index (χ1n) is 8.63. The van der Waals surface area contributed by atoms with Crippen LogP contribution in [0, 0.1) is 5.92 Å². The molecular weight excluding hydrogens is 389 g/mol. The van der Waals surface area contributed by atoms with Crippen molar-refractivity contribution in [1.82, 2.24) is 20.2 Å². The Labute approximate surface area is 172 Å². The van der Waals surface area contributed by atoms with Crippen LogP contribution in [0.5, 0.6) is 0 Å². The van der Waals surface area contributed by atoms with Crippen molar-refractivity contribution in [1.29, 1.82) is 0 Å². The number of aromatic nitrogens is 2. The quantitative estimate of drug-likeness (QED) is 0.641. The molecule has 0 radical (unpaired) electrons. The lowest BCUT2D eigenvalue weighted by Gasteiger charge is -2.17. The molecule has 9 heteroatoms. The van der Waals surface area contributed by atoms with Gasteiger partial charge in [0.1, 0.15) is 5.82 Å². The lowest BCUT2D eigenvalue weighted by molar-refractivity contribution is -0.127. The third-order valence-electron chi connectivity index (χ3n) is 4.21. The van der Waals surface area contributed by atoms with E-state index in [1.807, 2.05) is 52.0 Å². The first-order valence-corrected chi connectivity index (χ1v) is 8.63. The van der Waals surface area contributed by atoms with Crippen molar-refractivity contribution in [2.45, 2.75) is 46.3 Å². The second-order valence-corrected chi connectivity index (χ2v) is 6.48. The highest BCUT2D eigenvalue weighted by molar-refractivity contribution is 5.87. The number of nitrogens with one attached hydrogen (secondary N) is 2. The van der Waals surface area contributed by atoms with Gasteiger partial charge in [-0.2, -0.15) is 0 Å². The van der Waals surface area contributed by atoms with Gasteiger partial charge in [-0.05, 0) is 31.9 Å². The van der Waals surface area contributed by atoms with Gasteiger partial charge in [0.05, 0.1) is 29.7 Å². The van der Waals surface area contributed by atoms with Gasteiger partial charge in [0, 0.05) is 6.54 Å². The van der Waals surface area contributed by atoms with Crippen LogP contribution in [0.25, 0.3) is 11.0 Å². The molecular formula is C18H29Cl2N5O2. The Kier molecular flexibility index (Phi) is 10.4. The Bertz CT molecular complexity index is 763. The van der Waals surface area contributed by atoms with Gasteiger partial charge in [0.15, 0.2) is 0 Å². The first kappa shape index (κ1) is 25.2. The molecule has 1 unspecified atom stereocenters. The molecule has 2 aromatic rings. The van der Waals surface area contributed by atoms with Crippen molar-refractivity contribution in [3.05, 3.63) is 30.1 Å². The summed E-state index contributed by atoms with van der Waals surface area (Å²) in [4.78, 5) is 28.6. The molecule has 1 aromatic heterocycles. The van der Waals surface area contributed by atoms with Crippen LogP contribution in [0.1, 0.15) is 39.6 Å². The average molecular weight is 418 g/mol. The van der Waals surface area contributed by atoms with Crippen molar-refractivity contribution in [3.63, 3.8) is 0 Å². The number of halogens is 2. The third-order valence-corrected chi connectivity index (χ3v) is 4.21. The zero-order valence-electron chi connectivity index (χ0n) is 16.1. The van der Waals surface area contributed by atoms with Crippen molar-refractivity contribution >= 4 is 47.7 Å². The number of imidazole rings is 1. The fourth-order valence-electron chi connectivity index (χ4n) is 2.70. The summed E-state index contributed by atoms with van der Waals surface area (Å²) in [5.41, 5.74) is 7.70. The molecule has 0 saturated carbocycles. The first-order chi connectivity index (χ1) is 11.8. The second kappa shape index (κ2) is 11.1. The highest BCUT2D eigenvalue weighted by Gasteiger charge is 2.20. The zero-order valence-corrected chi connectivity index (χ0v) is 17.7. The average Bonchev–Trinajstić information content (AvgIpc) is 2.97. The highest BCUT2D eigenvalue weighted by Crippen LogP contribution is 2.20. The fraction of sp³-hybridized carbons (Fsp3) is 0.500. The minimum Gasteiger partial charge on any atom is -0.346 e. The van der Waals surface area contributed by atoms with E-state index in [1.54, 1.807) is 0 Å². The van der Waals surface area contributed by atoms with Crippen molar-refractivity contribution in [2.24, 2.45) is 11.7 Å². The molecule has 0 aliphatic carbocycles. The summed E-state index contributed by atoms with van der Waals surface area (Å²) in [6.45, 7) is 8.31. The minimum absolute atomic E-state index is 0. The maximum atomic E-state index is 12.1. The molecule has 0 bridgehead atoms. The molecule has 0 spiro atoms. The van der Waals surface area contributed by atoms with E-state index in [9.17, 15) is 9.59 Å². The maximum Gasteiger partial charge on any atom is 0.239 e. The molecule has 1 aromatic carbocycles. The van der Waals surface area contributed by atoms with Gasteiger partial charge in [-0.15, -0.1) is 24.8 Å². The van der Waals surface area contributed by atoms with Crippen molar-refractivity contribution in [3.8, 4) is 0 Å². The number of carbonyl (C=O) groups excluding carboxylic acids is 2. The van der Waals surface area contributed by atoms with Crippen LogP contribution in [-0.4, -0.2) is 34.0 Å². The Morgan fingerprint density at radius 3 is 2.41 bits per heavy atom. The predicted molar refractivity (Wildman–Crippen MR) is 112 cm³/mol. The number of hydrogen-bond donors (Lipinski definition) is 3. The van der Waals surface area contributed by atoms with E-state index in [-0.39, 0.29) is 55.1 Å². The topological polar surface area (TPSA) is 102 Å². The van der Waals surface area contributed by atoms with Gasteiger partial charge in [-0.3, -0.25) is 9.59 Å². The van der Waals surface area contributed by atoms with Gasteiger partial charge in [0.2, 0.25) is 11.8 Å². The SMILES string of the molecule is CCn1c(C(C)NC(=O)CNC(=O)[C@@H](N)C(C)C)nc2ccccc21.Cl.Cl. The largest absolute Gasteiger partial charge is 0.346 e. The van der Waals surface area contributed by atoms with E-state index in [1.165, 1.54) is 0 Å². The molecule has 2 amide bonds. The number of nitrogens with zero attached hydrogens (tertiary/aromatic N) is 2. The van der Waals surface area contributed by atoms with Gasteiger partial charge < -0.3 is 20.9 Å². The van der Waals surface area contributed by atoms with Crippen LogP contribution in [0.3, 0.4) is 0 Å². The van der Waals surface area contributed by atoms with Crippen LogP contribution in [0.2, 0.25) is 0 Å². The molecule has 1 heterocycles. The number of hydrogen-bond acceptors (Lipinski definition) is 4. The number of benzene rings is 1. The molecule has 4 N–H and O–H groups in total. The monoisotopic (exact) mass is 417 g/mol. The Morgan fingerprint density at radius 1 is 1.19 bits per heavy atom. The summed E-state index contributed by atoms with van der Waals surface area (Å²) in [6.07, 6.45) is 0. The number of para-hydroxylation sites is 2.